The number of sulfonamides is 1. The van der Waals surface area contributed by atoms with E-state index < -0.39 is 10.0 Å². The van der Waals surface area contributed by atoms with Crippen molar-refractivity contribution in [2.75, 3.05) is 13.1 Å². The Morgan fingerprint density at radius 3 is 2.59 bits per heavy atom. The maximum atomic E-state index is 12.6. The number of oxazole rings is 1. The van der Waals surface area contributed by atoms with Crippen molar-refractivity contribution in [3.63, 3.8) is 0 Å². The first-order valence-corrected chi connectivity index (χ1v) is 11.7. The quantitative estimate of drug-likeness (QED) is 0.646. The van der Waals surface area contributed by atoms with Gasteiger partial charge in [-0.2, -0.15) is 4.31 Å². The Kier molecular flexibility index (Phi) is 5.53. The molecule has 0 saturated carbocycles. The summed E-state index contributed by atoms with van der Waals surface area (Å²) in [6.07, 6.45) is 1.80. The highest BCUT2D eigenvalue weighted by atomic mass is 32.2. The van der Waals surface area contributed by atoms with Gasteiger partial charge < -0.3 is 9.73 Å². The first-order valence-electron chi connectivity index (χ1n) is 9.34. The van der Waals surface area contributed by atoms with Gasteiger partial charge in [0, 0.05) is 19.6 Å². The van der Waals surface area contributed by atoms with Crippen molar-refractivity contribution in [1.82, 2.24) is 14.6 Å². The number of hydrogen-bond donors (Lipinski definition) is 1. The second-order valence-electron chi connectivity index (χ2n) is 6.84. The summed E-state index contributed by atoms with van der Waals surface area (Å²) in [5.41, 5.74) is 1.06. The average Bonchev–Trinajstić information content (AvgIpc) is 3.47. The summed E-state index contributed by atoms with van der Waals surface area (Å²) in [5, 5.41) is 4.73. The number of aryl methyl sites for hydroxylation is 1. The van der Waals surface area contributed by atoms with Gasteiger partial charge in [-0.1, -0.05) is 18.2 Å². The van der Waals surface area contributed by atoms with E-state index in [0.29, 0.717) is 24.7 Å². The summed E-state index contributed by atoms with van der Waals surface area (Å²) in [4.78, 5) is 17.9. The summed E-state index contributed by atoms with van der Waals surface area (Å²) in [5.74, 6) is 0.555. The molecule has 0 atom stereocenters. The Balaban J connectivity index is 1.41. The van der Waals surface area contributed by atoms with Gasteiger partial charge in [0.2, 0.25) is 15.9 Å². The zero-order valence-corrected chi connectivity index (χ0v) is 17.6. The van der Waals surface area contributed by atoms with Gasteiger partial charge in [0.25, 0.3) is 5.91 Å². The van der Waals surface area contributed by atoms with Crippen molar-refractivity contribution in [1.29, 1.82) is 0 Å². The van der Waals surface area contributed by atoms with Gasteiger partial charge in [-0.25, -0.2) is 13.4 Å². The molecule has 0 bridgehead atoms. The van der Waals surface area contributed by atoms with Crippen LogP contribution in [-0.2, 0) is 16.6 Å². The topological polar surface area (TPSA) is 92.5 Å². The Morgan fingerprint density at radius 1 is 1.21 bits per heavy atom. The second-order valence-corrected chi connectivity index (χ2v) is 9.72. The number of hydrogen-bond acceptors (Lipinski definition) is 6. The minimum Gasteiger partial charge on any atom is -0.440 e. The van der Waals surface area contributed by atoms with Crippen molar-refractivity contribution < 1.29 is 17.6 Å². The number of carbonyl (C=O) groups excluding carboxylic acids is 1. The van der Waals surface area contributed by atoms with Crippen LogP contribution in [-0.4, -0.2) is 36.7 Å². The van der Waals surface area contributed by atoms with Gasteiger partial charge in [-0.15, -0.1) is 11.3 Å². The number of amides is 1. The van der Waals surface area contributed by atoms with E-state index in [4.69, 9.17) is 4.42 Å². The molecular weight excluding hydrogens is 410 g/mol. The minimum absolute atomic E-state index is 0.252. The van der Waals surface area contributed by atoms with E-state index >= 15 is 0 Å². The van der Waals surface area contributed by atoms with Gasteiger partial charge in [0.05, 0.1) is 9.77 Å². The van der Waals surface area contributed by atoms with Crippen molar-refractivity contribution >= 4 is 27.3 Å². The van der Waals surface area contributed by atoms with Gasteiger partial charge in [0.1, 0.15) is 5.76 Å². The van der Waals surface area contributed by atoms with E-state index in [9.17, 15) is 13.2 Å². The maximum Gasteiger partial charge on any atom is 0.273 e. The van der Waals surface area contributed by atoms with Crippen LogP contribution in [0.4, 0.5) is 0 Å². The first kappa shape index (κ1) is 19.8. The summed E-state index contributed by atoms with van der Waals surface area (Å²) in [6.45, 7) is 3.12. The highest BCUT2D eigenvalue weighted by Gasteiger charge is 2.27. The molecule has 4 rings (SSSR count). The highest BCUT2D eigenvalue weighted by molar-refractivity contribution is 7.89. The van der Waals surface area contributed by atoms with Crippen LogP contribution < -0.4 is 5.32 Å². The van der Waals surface area contributed by atoms with E-state index in [1.807, 2.05) is 17.5 Å². The van der Waals surface area contributed by atoms with Crippen LogP contribution in [0.1, 0.15) is 34.7 Å². The van der Waals surface area contributed by atoms with Gasteiger partial charge >= 0.3 is 0 Å². The molecule has 1 saturated heterocycles. The Labute approximate surface area is 173 Å². The minimum atomic E-state index is -3.43. The lowest BCUT2D eigenvalue weighted by molar-refractivity contribution is 0.0945. The predicted molar refractivity (Wildman–Crippen MR) is 110 cm³/mol. The standard InChI is InChI=1S/C20H21N3O4S2/c1-14-18(22-20(27-14)17-5-4-12-28-17)19(24)21-13-15-6-8-16(9-7-15)29(25,26)23-10-2-3-11-23/h4-9,12H,2-3,10-11,13H2,1H3,(H,21,24). The molecule has 1 aromatic carbocycles. The largest absolute Gasteiger partial charge is 0.440 e. The fourth-order valence-electron chi connectivity index (χ4n) is 3.24. The first-order chi connectivity index (χ1) is 13.9. The molecule has 2 aromatic heterocycles. The molecule has 0 radical (unpaired) electrons. The normalized spacial score (nSPS) is 14.9. The third-order valence-electron chi connectivity index (χ3n) is 4.82. The molecular formula is C20H21N3O4S2. The molecule has 7 nitrogen and oxygen atoms in total. The number of nitrogens with one attached hydrogen (secondary N) is 1. The zero-order chi connectivity index (χ0) is 20.4. The number of benzene rings is 1. The van der Waals surface area contributed by atoms with Crippen LogP contribution in [0.15, 0.2) is 51.1 Å². The van der Waals surface area contributed by atoms with Crippen LogP contribution >= 0.6 is 11.3 Å². The molecule has 0 aliphatic carbocycles. The highest BCUT2D eigenvalue weighted by Crippen LogP contribution is 2.26. The fourth-order valence-corrected chi connectivity index (χ4v) is 5.40. The molecule has 9 heteroatoms. The van der Waals surface area contributed by atoms with Gasteiger partial charge in [-0.05, 0) is 48.9 Å². The van der Waals surface area contributed by atoms with Gasteiger partial charge in [-0.3, -0.25) is 4.79 Å². The van der Waals surface area contributed by atoms with Crippen LogP contribution in [0.3, 0.4) is 0 Å². The van der Waals surface area contributed by atoms with Crippen LogP contribution in [0.25, 0.3) is 10.8 Å². The van der Waals surface area contributed by atoms with Crippen LogP contribution in [0, 0.1) is 6.92 Å². The number of carbonyl (C=O) groups is 1. The monoisotopic (exact) mass is 431 g/mol. The van der Waals surface area contributed by atoms with E-state index in [1.165, 1.54) is 15.6 Å². The summed E-state index contributed by atoms with van der Waals surface area (Å²) < 4.78 is 32.3. The predicted octanol–water partition coefficient (Wildman–Crippen LogP) is 3.43. The Hall–Kier alpha value is -2.49. The van der Waals surface area contributed by atoms with Crippen LogP contribution in [0.2, 0.25) is 0 Å². The van der Waals surface area contributed by atoms with Crippen molar-refractivity contribution in [3.8, 4) is 10.8 Å². The van der Waals surface area contributed by atoms with E-state index in [0.717, 1.165) is 23.3 Å². The molecule has 3 aromatic rings. The Bertz CT molecular complexity index is 1100. The van der Waals surface area contributed by atoms with Crippen molar-refractivity contribution in [2.24, 2.45) is 0 Å². The van der Waals surface area contributed by atoms with E-state index in [2.05, 4.69) is 10.3 Å². The molecule has 1 aliphatic heterocycles. The number of aromatic nitrogens is 1. The zero-order valence-electron chi connectivity index (χ0n) is 15.9. The molecule has 1 fully saturated rings. The van der Waals surface area contributed by atoms with Crippen molar-refractivity contribution in [2.45, 2.75) is 31.2 Å². The molecule has 1 amide bonds. The second kappa shape index (κ2) is 8.10. The lowest BCUT2D eigenvalue weighted by Gasteiger charge is -2.15. The third-order valence-corrected chi connectivity index (χ3v) is 7.59. The molecule has 29 heavy (non-hydrogen) atoms. The molecule has 152 valence electrons. The number of thiophene rings is 1. The number of rotatable bonds is 6. The number of nitrogens with zero attached hydrogens (tertiary/aromatic N) is 2. The molecule has 3 heterocycles. The molecule has 1 aliphatic rings. The summed E-state index contributed by atoms with van der Waals surface area (Å²) in [7, 11) is -3.43. The molecule has 0 spiro atoms. The summed E-state index contributed by atoms with van der Waals surface area (Å²) in [6, 6.07) is 10.4. The molecule has 1 N–H and O–H groups in total. The Morgan fingerprint density at radius 2 is 1.93 bits per heavy atom. The fraction of sp³-hybridized carbons (Fsp3) is 0.300. The SMILES string of the molecule is Cc1oc(-c2cccs2)nc1C(=O)NCc1ccc(S(=O)(=O)N2CCCC2)cc1. The van der Waals surface area contributed by atoms with Gasteiger partial charge in [0.15, 0.2) is 5.69 Å². The van der Waals surface area contributed by atoms with Crippen LogP contribution in [0.5, 0.6) is 0 Å². The lowest BCUT2D eigenvalue weighted by Crippen LogP contribution is -2.28. The van der Waals surface area contributed by atoms with E-state index in [1.54, 1.807) is 31.2 Å². The lowest BCUT2D eigenvalue weighted by atomic mass is 10.2. The molecule has 0 unspecified atom stereocenters. The third kappa shape index (κ3) is 4.12. The van der Waals surface area contributed by atoms with Crippen molar-refractivity contribution in [3.05, 3.63) is 58.8 Å². The van der Waals surface area contributed by atoms with E-state index in [-0.39, 0.29) is 23.0 Å². The maximum absolute atomic E-state index is 12.6. The average molecular weight is 432 g/mol. The smallest absolute Gasteiger partial charge is 0.273 e. The summed E-state index contributed by atoms with van der Waals surface area (Å²) >= 11 is 1.49.